The molecule has 0 radical (unpaired) electrons. The summed E-state index contributed by atoms with van der Waals surface area (Å²) in [6.45, 7) is 4.12. The van der Waals surface area contributed by atoms with Gasteiger partial charge in [0.05, 0.1) is 4.90 Å². The molecular weight excluding hydrogens is 294 g/mol. The predicted molar refractivity (Wildman–Crippen MR) is 81.6 cm³/mol. The highest BCUT2D eigenvalue weighted by atomic mass is 32.2. The third-order valence-electron chi connectivity index (χ3n) is 4.17. The average Bonchev–Trinajstić information content (AvgIpc) is 2.78. The molecule has 6 heteroatoms. The molecule has 0 amide bonds. The molecule has 1 aromatic heterocycles. The number of aryl methyl sites for hydroxylation is 2. The second-order valence-corrected chi connectivity index (χ2v) is 9.02. The molecule has 2 rings (SSSR count). The number of hydrogen-bond donors (Lipinski definition) is 2. The highest BCUT2D eigenvalue weighted by Crippen LogP contribution is 2.35. The Kier molecular flexibility index (Phi) is 4.89. The van der Waals surface area contributed by atoms with E-state index in [1.807, 2.05) is 13.8 Å². The highest BCUT2D eigenvalue weighted by Gasteiger charge is 2.33. The molecule has 1 fully saturated rings. The van der Waals surface area contributed by atoms with Crippen LogP contribution in [0.2, 0.25) is 0 Å². The Labute approximate surface area is 125 Å². The number of hydrogen-bond acceptors (Lipinski definition) is 4. The molecule has 0 bridgehead atoms. The fraction of sp³-hybridized carbons (Fsp3) is 0.714. The number of sulfonamides is 1. The number of aliphatic hydroxyl groups excluding tert-OH is 1. The highest BCUT2D eigenvalue weighted by molar-refractivity contribution is 7.89. The summed E-state index contributed by atoms with van der Waals surface area (Å²) in [7, 11) is -3.47. The van der Waals surface area contributed by atoms with Crippen molar-refractivity contribution in [3.05, 3.63) is 15.8 Å². The van der Waals surface area contributed by atoms with Gasteiger partial charge in [0.25, 0.3) is 0 Å². The fourth-order valence-corrected chi connectivity index (χ4v) is 5.60. The van der Waals surface area contributed by atoms with Crippen molar-refractivity contribution in [3.63, 3.8) is 0 Å². The molecule has 0 unspecified atom stereocenters. The van der Waals surface area contributed by atoms with Gasteiger partial charge in [0.2, 0.25) is 10.0 Å². The second-order valence-electron chi connectivity index (χ2n) is 5.82. The van der Waals surface area contributed by atoms with Crippen molar-refractivity contribution in [1.29, 1.82) is 0 Å². The molecule has 0 aromatic carbocycles. The lowest BCUT2D eigenvalue weighted by molar-refractivity contribution is 0.0867. The van der Waals surface area contributed by atoms with Gasteiger partial charge in [0, 0.05) is 28.3 Å². The molecule has 20 heavy (non-hydrogen) atoms. The molecule has 0 saturated heterocycles. The molecule has 0 atom stereocenters. The van der Waals surface area contributed by atoms with E-state index in [4.69, 9.17) is 0 Å². The second kappa shape index (κ2) is 6.13. The van der Waals surface area contributed by atoms with Crippen LogP contribution in [0.3, 0.4) is 0 Å². The summed E-state index contributed by atoms with van der Waals surface area (Å²) < 4.78 is 27.5. The summed E-state index contributed by atoms with van der Waals surface area (Å²) in [5, 5.41) is 9.63. The third-order valence-corrected chi connectivity index (χ3v) is 6.79. The Morgan fingerprint density at radius 1 is 1.30 bits per heavy atom. The number of nitrogens with one attached hydrogen (secondary N) is 1. The Bertz CT molecular complexity index is 557. The van der Waals surface area contributed by atoms with Gasteiger partial charge in [-0.15, -0.1) is 11.3 Å². The largest absolute Gasteiger partial charge is 0.396 e. The van der Waals surface area contributed by atoms with Gasteiger partial charge in [-0.25, -0.2) is 13.1 Å². The minimum atomic E-state index is -3.47. The Hall–Kier alpha value is -0.430. The van der Waals surface area contributed by atoms with Crippen LogP contribution in [0, 0.1) is 19.3 Å². The molecule has 1 heterocycles. The monoisotopic (exact) mass is 317 g/mol. The van der Waals surface area contributed by atoms with Gasteiger partial charge < -0.3 is 5.11 Å². The minimum absolute atomic E-state index is 0.0527. The van der Waals surface area contributed by atoms with Crippen LogP contribution in [0.25, 0.3) is 0 Å². The lowest BCUT2D eigenvalue weighted by Crippen LogP contribution is -2.41. The predicted octanol–water partition coefficient (Wildman–Crippen LogP) is 2.59. The SMILES string of the molecule is Cc1cc(S(=O)(=O)NCC2(CO)CCCCC2)c(C)s1. The zero-order chi connectivity index (χ0) is 14.8. The van der Waals surface area contributed by atoms with E-state index in [-0.39, 0.29) is 12.0 Å². The first-order valence-corrected chi connectivity index (χ1v) is 9.36. The van der Waals surface area contributed by atoms with Gasteiger partial charge >= 0.3 is 0 Å². The van der Waals surface area contributed by atoms with E-state index in [2.05, 4.69) is 4.72 Å². The van der Waals surface area contributed by atoms with E-state index in [9.17, 15) is 13.5 Å². The van der Waals surface area contributed by atoms with Crippen LogP contribution in [0.15, 0.2) is 11.0 Å². The minimum Gasteiger partial charge on any atom is -0.396 e. The molecule has 114 valence electrons. The Morgan fingerprint density at radius 2 is 1.95 bits per heavy atom. The molecule has 2 N–H and O–H groups in total. The van der Waals surface area contributed by atoms with Crippen molar-refractivity contribution >= 4 is 21.4 Å². The molecule has 4 nitrogen and oxygen atoms in total. The van der Waals surface area contributed by atoms with Crippen LogP contribution in [-0.2, 0) is 10.0 Å². The summed E-state index contributed by atoms with van der Waals surface area (Å²) >= 11 is 1.49. The number of thiophene rings is 1. The topological polar surface area (TPSA) is 66.4 Å². The number of aliphatic hydroxyl groups is 1. The van der Waals surface area contributed by atoms with Crippen LogP contribution < -0.4 is 4.72 Å². The lowest BCUT2D eigenvalue weighted by atomic mass is 9.75. The van der Waals surface area contributed by atoms with Gasteiger partial charge in [0.1, 0.15) is 0 Å². The maximum atomic E-state index is 12.4. The first-order valence-electron chi connectivity index (χ1n) is 7.06. The van der Waals surface area contributed by atoms with Crippen molar-refractivity contribution in [1.82, 2.24) is 4.72 Å². The van der Waals surface area contributed by atoms with E-state index in [1.54, 1.807) is 6.07 Å². The van der Waals surface area contributed by atoms with Gasteiger partial charge in [-0.05, 0) is 32.8 Å². The van der Waals surface area contributed by atoms with Gasteiger partial charge in [-0.3, -0.25) is 0 Å². The van der Waals surface area contributed by atoms with E-state index in [1.165, 1.54) is 17.8 Å². The summed E-state index contributed by atoms with van der Waals surface area (Å²) in [6, 6.07) is 1.72. The van der Waals surface area contributed by atoms with Crippen LogP contribution in [0.4, 0.5) is 0 Å². The first kappa shape index (κ1) is 15.9. The Morgan fingerprint density at radius 3 is 2.45 bits per heavy atom. The number of rotatable bonds is 5. The normalized spacial score (nSPS) is 19.1. The molecule has 1 aromatic rings. The molecule has 1 saturated carbocycles. The van der Waals surface area contributed by atoms with E-state index < -0.39 is 10.0 Å². The van der Waals surface area contributed by atoms with E-state index in [0.29, 0.717) is 11.4 Å². The van der Waals surface area contributed by atoms with Crippen molar-refractivity contribution in [2.45, 2.75) is 50.8 Å². The summed E-state index contributed by atoms with van der Waals surface area (Å²) in [6.07, 6.45) is 5.11. The standard InChI is InChI=1S/C14H23NO3S2/c1-11-8-13(12(2)19-11)20(17,18)15-9-14(10-16)6-4-3-5-7-14/h8,15-16H,3-7,9-10H2,1-2H3. The van der Waals surface area contributed by atoms with Gasteiger partial charge in [-0.1, -0.05) is 19.3 Å². The molecule has 1 aliphatic rings. The zero-order valence-corrected chi connectivity index (χ0v) is 13.7. The van der Waals surface area contributed by atoms with Crippen molar-refractivity contribution in [3.8, 4) is 0 Å². The maximum Gasteiger partial charge on any atom is 0.241 e. The first-order chi connectivity index (χ1) is 9.38. The van der Waals surface area contributed by atoms with Crippen LogP contribution in [0.1, 0.15) is 41.9 Å². The summed E-state index contributed by atoms with van der Waals surface area (Å²) in [5.41, 5.74) is -0.274. The van der Waals surface area contributed by atoms with Crippen molar-refractivity contribution in [2.24, 2.45) is 5.41 Å². The van der Waals surface area contributed by atoms with E-state index in [0.717, 1.165) is 35.4 Å². The average molecular weight is 317 g/mol. The molecular formula is C14H23NO3S2. The zero-order valence-electron chi connectivity index (χ0n) is 12.1. The van der Waals surface area contributed by atoms with Crippen LogP contribution in [0.5, 0.6) is 0 Å². The molecule has 0 aliphatic heterocycles. The Balaban J connectivity index is 2.10. The van der Waals surface area contributed by atoms with Crippen LogP contribution in [-0.4, -0.2) is 26.7 Å². The van der Waals surface area contributed by atoms with Crippen molar-refractivity contribution in [2.75, 3.05) is 13.2 Å². The summed E-state index contributed by atoms with van der Waals surface area (Å²) in [4.78, 5) is 2.19. The quantitative estimate of drug-likeness (QED) is 0.877. The van der Waals surface area contributed by atoms with Crippen LogP contribution >= 0.6 is 11.3 Å². The third kappa shape index (κ3) is 3.42. The van der Waals surface area contributed by atoms with Gasteiger partial charge in [-0.2, -0.15) is 0 Å². The van der Waals surface area contributed by atoms with E-state index >= 15 is 0 Å². The maximum absolute atomic E-state index is 12.4. The molecule has 0 spiro atoms. The van der Waals surface area contributed by atoms with Crippen molar-refractivity contribution < 1.29 is 13.5 Å². The summed E-state index contributed by atoms with van der Waals surface area (Å²) in [5.74, 6) is 0. The van der Waals surface area contributed by atoms with Gasteiger partial charge in [0.15, 0.2) is 0 Å². The molecule has 1 aliphatic carbocycles. The smallest absolute Gasteiger partial charge is 0.241 e. The lowest BCUT2D eigenvalue weighted by Gasteiger charge is -2.35. The fourth-order valence-electron chi connectivity index (χ4n) is 2.89.